The Morgan fingerprint density at radius 1 is 0.582 bits per heavy atom. The van der Waals surface area contributed by atoms with Crippen LogP contribution >= 0.6 is 0 Å². The number of anilines is 4. The summed E-state index contributed by atoms with van der Waals surface area (Å²) in [7, 11) is 0. The standard InChI is InChI=1S/C51H42BN3/c1-49(2)38-23-16-24-39-47(38)53-46-36(29-31-17-8-9-20-33(31)44(46)49)43-42(54-41-26-13-11-22-37(41)50(3)27-14-15-28-51(50,54)4)30-35-34-21-10-12-25-40(34)55(32-18-6-5-7-19-32)52(39)45(35)48(43)53/h5-13,16-26,29-30H,14-15,27-28H2,1-4H3. The van der Waals surface area contributed by atoms with Gasteiger partial charge in [-0.05, 0) is 100 Å². The van der Waals surface area contributed by atoms with Gasteiger partial charge in [0.1, 0.15) is 0 Å². The van der Waals surface area contributed by atoms with Gasteiger partial charge in [-0.3, -0.25) is 0 Å². The molecule has 2 unspecified atom stereocenters. The van der Waals surface area contributed by atoms with Crippen LogP contribution in [0.25, 0.3) is 49.4 Å². The molecule has 4 aliphatic heterocycles. The van der Waals surface area contributed by atoms with Gasteiger partial charge < -0.3 is 14.3 Å². The van der Waals surface area contributed by atoms with Gasteiger partial charge in [-0.2, -0.15) is 0 Å². The van der Waals surface area contributed by atoms with Gasteiger partial charge in [-0.25, -0.2) is 0 Å². The van der Waals surface area contributed by atoms with Crippen LogP contribution in [0.15, 0.2) is 133 Å². The molecule has 264 valence electrons. The van der Waals surface area contributed by atoms with E-state index in [1.807, 2.05) is 0 Å². The maximum atomic E-state index is 2.85. The van der Waals surface area contributed by atoms with E-state index in [1.165, 1.54) is 125 Å². The van der Waals surface area contributed by atoms with Crippen molar-refractivity contribution in [1.82, 2.24) is 4.57 Å². The number of benzene rings is 7. The van der Waals surface area contributed by atoms with Gasteiger partial charge in [0.2, 0.25) is 0 Å². The van der Waals surface area contributed by atoms with Gasteiger partial charge in [-0.15, -0.1) is 0 Å². The number of hydrogen-bond acceptors (Lipinski definition) is 2. The second-order valence-electron chi connectivity index (χ2n) is 17.9. The summed E-state index contributed by atoms with van der Waals surface area (Å²) in [4.78, 5) is 5.50. The molecule has 1 fully saturated rings. The van der Waals surface area contributed by atoms with Crippen molar-refractivity contribution in [2.45, 2.75) is 69.7 Å². The number of aromatic nitrogens is 1. The second kappa shape index (κ2) is 9.92. The average molecular weight is 708 g/mol. The fourth-order valence-corrected chi connectivity index (χ4v) is 12.7. The van der Waals surface area contributed by atoms with Crippen LogP contribution in [-0.4, -0.2) is 17.0 Å². The van der Waals surface area contributed by atoms with E-state index in [2.05, 4.69) is 175 Å². The van der Waals surface area contributed by atoms with Gasteiger partial charge in [-0.1, -0.05) is 131 Å². The zero-order valence-corrected chi connectivity index (χ0v) is 31.9. The van der Waals surface area contributed by atoms with Crippen LogP contribution in [0, 0.1) is 0 Å². The monoisotopic (exact) mass is 707 g/mol. The summed E-state index contributed by atoms with van der Waals surface area (Å²) >= 11 is 0. The Morgan fingerprint density at radius 2 is 1.31 bits per heavy atom. The van der Waals surface area contributed by atoms with Crippen LogP contribution in [0.3, 0.4) is 0 Å². The van der Waals surface area contributed by atoms with Crippen molar-refractivity contribution in [3.8, 4) is 16.8 Å². The van der Waals surface area contributed by atoms with Gasteiger partial charge in [0, 0.05) is 49.9 Å². The first-order valence-corrected chi connectivity index (χ1v) is 20.4. The summed E-state index contributed by atoms with van der Waals surface area (Å²) in [6.45, 7) is 10.1. The van der Waals surface area contributed by atoms with Crippen LogP contribution < -0.4 is 20.6 Å². The van der Waals surface area contributed by atoms with E-state index < -0.39 is 0 Å². The molecule has 0 spiro atoms. The summed E-state index contributed by atoms with van der Waals surface area (Å²) in [5, 5.41) is 5.47. The number of fused-ring (bicyclic) bond motifs is 9. The van der Waals surface area contributed by atoms with Crippen molar-refractivity contribution in [1.29, 1.82) is 0 Å². The molecule has 1 aromatic heterocycles. The van der Waals surface area contributed by atoms with Crippen molar-refractivity contribution in [3.63, 3.8) is 0 Å². The highest BCUT2D eigenvalue weighted by molar-refractivity contribution is 6.94. The van der Waals surface area contributed by atoms with Crippen molar-refractivity contribution in [3.05, 3.63) is 150 Å². The number of para-hydroxylation sites is 4. The summed E-state index contributed by atoms with van der Waals surface area (Å²) < 4.78 is 2.75. The highest BCUT2D eigenvalue weighted by Gasteiger charge is 2.58. The first-order chi connectivity index (χ1) is 26.8. The summed E-state index contributed by atoms with van der Waals surface area (Å²) in [5.41, 5.74) is 19.1. The smallest absolute Gasteiger partial charge is 0.333 e. The SMILES string of the molecule is CC1(C)c2cccc3c2-n2c4c1c1ccccc1cc4c1c(N4c5ccccc5C5(C)CCCCC45C)cc4c(c12)B3N(c1ccccc1)c1ccccc1-4. The Hall–Kier alpha value is -5.74. The molecule has 0 saturated heterocycles. The molecule has 5 heterocycles. The molecule has 0 N–H and O–H groups in total. The third kappa shape index (κ3) is 3.36. The van der Waals surface area contributed by atoms with Crippen molar-refractivity contribution in [2.24, 2.45) is 0 Å². The van der Waals surface area contributed by atoms with E-state index >= 15 is 0 Å². The minimum atomic E-state index is -0.215. The van der Waals surface area contributed by atoms with Crippen LogP contribution in [0.5, 0.6) is 0 Å². The molecule has 2 atom stereocenters. The molecule has 8 aromatic rings. The maximum Gasteiger partial charge on any atom is 0.333 e. The molecule has 13 rings (SSSR count). The predicted octanol–water partition coefficient (Wildman–Crippen LogP) is 11.6. The molecule has 0 amide bonds. The molecule has 0 radical (unpaired) electrons. The van der Waals surface area contributed by atoms with Crippen molar-refractivity contribution < 1.29 is 0 Å². The molecule has 55 heavy (non-hydrogen) atoms. The fraction of sp³-hybridized carbons (Fsp3) is 0.216. The lowest BCUT2D eigenvalue weighted by molar-refractivity contribution is 0.195. The van der Waals surface area contributed by atoms with Crippen LogP contribution in [0.2, 0.25) is 0 Å². The molecular formula is C51H42BN3. The highest BCUT2D eigenvalue weighted by atomic mass is 15.3. The van der Waals surface area contributed by atoms with Gasteiger partial charge in [0.05, 0.1) is 22.3 Å². The van der Waals surface area contributed by atoms with E-state index in [0.717, 1.165) is 0 Å². The Bertz CT molecular complexity index is 3030. The minimum Gasteiger partial charge on any atom is -0.376 e. The van der Waals surface area contributed by atoms with Crippen molar-refractivity contribution in [2.75, 3.05) is 9.71 Å². The molecule has 0 bridgehead atoms. The second-order valence-corrected chi connectivity index (χ2v) is 17.9. The topological polar surface area (TPSA) is 11.4 Å². The van der Waals surface area contributed by atoms with Gasteiger partial charge >= 0.3 is 6.85 Å². The summed E-state index contributed by atoms with van der Waals surface area (Å²) in [6.07, 6.45) is 4.92. The van der Waals surface area contributed by atoms with Gasteiger partial charge in [0.15, 0.2) is 0 Å². The molecule has 4 heteroatoms. The molecule has 1 saturated carbocycles. The Balaban J connectivity index is 1.29. The van der Waals surface area contributed by atoms with Crippen molar-refractivity contribution >= 4 is 73.1 Å². The quantitative estimate of drug-likeness (QED) is 0.166. The van der Waals surface area contributed by atoms with Crippen LogP contribution in [-0.2, 0) is 10.8 Å². The van der Waals surface area contributed by atoms with Crippen LogP contribution in [0.4, 0.5) is 22.7 Å². The average Bonchev–Trinajstić information content (AvgIpc) is 3.66. The molecular weight excluding hydrogens is 665 g/mol. The molecule has 3 nitrogen and oxygen atoms in total. The lowest BCUT2D eigenvalue weighted by Crippen LogP contribution is -2.61. The zero-order valence-electron chi connectivity index (χ0n) is 31.9. The fourth-order valence-electron chi connectivity index (χ4n) is 12.7. The maximum absolute atomic E-state index is 2.85. The van der Waals surface area contributed by atoms with E-state index in [-0.39, 0.29) is 23.2 Å². The largest absolute Gasteiger partial charge is 0.376 e. The summed E-state index contributed by atoms with van der Waals surface area (Å²) in [5.74, 6) is 0. The Labute approximate surface area is 322 Å². The third-order valence-corrected chi connectivity index (χ3v) is 15.2. The minimum absolute atomic E-state index is 0.0174. The molecule has 7 aromatic carbocycles. The number of hydrogen-bond donors (Lipinski definition) is 0. The van der Waals surface area contributed by atoms with E-state index in [1.54, 1.807) is 0 Å². The zero-order chi connectivity index (χ0) is 36.6. The summed E-state index contributed by atoms with van der Waals surface area (Å²) in [6, 6.07) is 51.3. The van der Waals surface area contributed by atoms with E-state index in [9.17, 15) is 0 Å². The highest BCUT2D eigenvalue weighted by Crippen LogP contribution is 2.63. The molecule has 5 aliphatic rings. The Morgan fingerprint density at radius 3 is 2.18 bits per heavy atom. The lowest BCUT2D eigenvalue weighted by Gasteiger charge is -2.51. The third-order valence-electron chi connectivity index (χ3n) is 15.2. The lowest BCUT2D eigenvalue weighted by atomic mass is 9.43. The predicted molar refractivity (Wildman–Crippen MR) is 232 cm³/mol. The first-order valence-electron chi connectivity index (χ1n) is 20.4. The van der Waals surface area contributed by atoms with Crippen LogP contribution in [0.1, 0.15) is 70.1 Å². The number of rotatable bonds is 2. The molecule has 1 aliphatic carbocycles. The normalized spacial score (nSPS) is 22.1. The van der Waals surface area contributed by atoms with E-state index in [0.29, 0.717) is 0 Å². The van der Waals surface area contributed by atoms with E-state index in [4.69, 9.17) is 0 Å². The Kier molecular flexibility index (Phi) is 5.51. The van der Waals surface area contributed by atoms with Gasteiger partial charge in [0.25, 0.3) is 0 Å². The first kappa shape index (κ1) is 30.6. The number of nitrogens with zero attached hydrogens (tertiary/aromatic N) is 3.